The van der Waals surface area contributed by atoms with Gasteiger partial charge in [-0.3, -0.25) is 5.43 Å². The van der Waals surface area contributed by atoms with Crippen LogP contribution in [0.25, 0.3) is 0 Å². The molecule has 1 atom stereocenters. The highest BCUT2D eigenvalue weighted by atomic mass is 16.3. The van der Waals surface area contributed by atoms with Gasteiger partial charge in [-0.25, -0.2) is 10.8 Å². The highest BCUT2D eigenvalue weighted by Gasteiger charge is 2.21. The molecule has 1 heterocycles. The van der Waals surface area contributed by atoms with Gasteiger partial charge in [-0.1, -0.05) is 0 Å². The first-order valence-electron chi connectivity index (χ1n) is 6.07. The zero-order valence-electron chi connectivity index (χ0n) is 10.3. The molecule has 16 heavy (non-hydrogen) atoms. The van der Waals surface area contributed by atoms with Gasteiger partial charge in [0, 0.05) is 25.7 Å². The predicted octanol–water partition coefficient (Wildman–Crippen LogP) is 0.309. The van der Waals surface area contributed by atoms with E-state index in [0.717, 1.165) is 31.9 Å². The molecule has 0 spiro atoms. The molecule has 0 aromatic rings. The number of aliphatic hydroxyl groups is 1. The largest absolute Gasteiger partial charge is 0.396 e. The van der Waals surface area contributed by atoms with Crippen molar-refractivity contribution in [2.75, 3.05) is 19.7 Å². The molecular formula is C11H24N4O. The van der Waals surface area contributed by atoms with Gasteiger partial charge in [-0.05, 0) is 39.0 Å². The highest BCUT2D eigenvalue weighted by molar-refractivity contribution is 5.79. The van der Waals surface area contributed by atoms with Crippen LogP contribution in [-0.4, -0.2) is 41.7 Å². The summed E-state index contributed by atoms with van der Waals surface area (Å²) in [6.07, 6.45) is 3.20. The molecule has 1 aliphatic heterocycles. The third kappa shape index (κ3) is 3.98. The lowest BCUT2D eigenvalue weighted by Gasteiger charge is -2.34. The van der Waals surface area contributed by atoms with Crippen molar-refractivity contribution < 1.29 is 5.11 Å². The molecule has 0 saturated carbocycles. The van der Waals surface area contributed by atoms with Crippen molar-refractivity contribution in [3.63, 3.8) is 0 Å². The van der Waals surface area contributed by atoms with Crippen LogP contribution in [0, 0.1) is 5.92 Å². The molecular weight excluding hydrogens is 204 g/mol. The van der Waals surface area contributed by atoms with Gasteiger partial charge in [0.2, 0.25) is 5.96 Å². The minimum Gasteiger partial charge on any atom is -0.396 e. The van der Waals surface area contributed by atoms with E-state index in [1.807, 2.05) is 13.8 Å². The Morgan fingerprint density at radius 2 is 2.38 bits per heavy atom. The average Bonchev–Trinajstić information content (AvgIpc) is 2.26. The number of hydrazine groups is 1. The fourth-order valence-electron chi connectivity index (χ4n) is 2.13. The first-order chi connectivity index (χ1) is 7.67. The Balaban J connectivity index is 2.57. The van der Waals surface area contributed by atoms with E-state index >= 15 is 0 Å². The smallest absolute Gasteiger partial charge is 0.208 e. The van der Waals surface area contributed by atoms with E-state index in [1.165, 1.54) is 6.42 Å². The van der Waals surface area contributed by atoms with Gasteiger partial charge in [-0.2, -0.15) is 0 Å². The number of hydrogen-bond donors (Lipinski definition) is 3. The molecule has 5 heteroatoms. The molecule has 4 N–H and O–H groups in total. The maximum Gasteiger partial charge on any atom is 0.208 e. The van der Waals surface area contributed by atoms with Crippen molar-refractivity contribution in [2.24, 2.45) is 16.8 Å². The van der Waals surface area contributed by atoms with Gasteiger partial charge < -0.3 is 10.0 Å². The SMILES string of the molecule is CC(C)N=C(NN)N1CCCC(CCO)C1. The maximum absolute atomic E-state index is 8.96. The summed E-state index contributed by atoms with van der Waals surface area (Å²) in [5, 5.41) is 8.96. The molecule has 0 amide bonds. The molecule has 0 bridgehead atoms. The van der Waals surface area contributed by atoms with E-state index < -0.39 is 0 Å². The highest BCUT2D eigenvalue weighted by Crippen LogP contribution is 2.19. The molecule has 0 radical (unpaired) electrons. The number of likely N-dealkylation sites (tertiary alicyclic amines) is 1. The van der Waals surface area contributed by atoms with E-state index in [0.29, 0.717) is 5.92 Å². The number of nitrogens with zero attached hydrogens (tertiary/aromatic N) is 2. The summed E-state index contributed by atoms with van der Waals surface area (Å²) in [5.41, 5.74) is 2.68. The van der Waals surface area contributed by atoms with Gasteiger partial charge >= 0.3 is 0 Å². The molecule has 5 nitrogen and oxygen atoms in total. The van der Waals surface area contributed by atoms with E-state index in [9.17, 15) is 0 Å². The minimum absolute atomic E-state index is 0.240. The number of rotatable bonds is 3. The second-order valence-electron chi connectivity index (χ2n) is 4.66. The maximum atomic E-state index is 8.96. The van der Waals surface area contributed by atoms with E-state index in [1.54, 1.807) is 0 Å². The van der Waals surface area contributed by atoms with E-state index in [2.05, 4.69) is 15.3 Å². The minimum atomic E-state index is 0.240. The van der Waals surface area contributed by atoms with Crippen molar-refractivity contribution in [3.05, 3.63) is 0 Å². The zero-order chi connectivity index (χ0) is 12.0. The van der Waals surface area contributed by atoms with Crippen LogP contribution < -0.4 is 11.3 Å². The van der Waals surface area contributed by atoms with E-state index in [4.69, 9.17) is 10.9 Å². The van der Waals surface area contributed by atoms with Crippen LogP contribution in [0.1, 0.15) is 33.1 Å². The molecule has 0 aliphatic carbocycles. The summed E-state index contributed by atoms with van der Waals surface area (Å²) in [7, 11) is 0. The quantitative estimate of drug-likeness (QED) is 0.281. The van der Waals surface area contributed by atoms with Crippen molar-refractivity contribution in [1.29, 1.82) is 0 Å². The Bertz CT molecular complexity index is 228. The lowest BCUT2D eigenvalue weighted by Crippen LogP contribution is -2.49. The topological polar surface area (TPSA) is 73.9 Å². The fourth-order valence-corrected chi connectivity index (χ4v) is 2.13. The lowest BCUT2D eigenvalue weighted by molar-refractivity contribution is 0.195. The standard InChI is InChI=1S/C11H24N4O/c1-9(2)13-11(14-12)15-6-3-4-10(8-15)5-7-16/h9-10,16H,3-8,12H2,1-2H3,(H,13,14). The van der Waals surface area contributed by atoms with Crippen LogP contribution in [0.4, 0.5) is 0 Å². The second-order valence-corrected chi connectivity index (χ2v) is 4.66. The van der Waals surface area contributed by atoms with Crippen molar-refractivity contribution >= 4 is 5.96 Å². The third-order valence-corrected chi connectivity index (χ3v) is 2.87. The summed E-state index contributed by atoms with van der Waals surface area (Å²) >= 11 is 0. The molecule has 1 fully saturated rings. The molecule has 1 aliphatic rings. The number of aliphatic imine (C=N–C) groups is 1. The monoisotopic (exact) mass is 228 g/mol. The number of hydrogen-bond acceptors (Lipinski definition) is 3. The Labute approximate surface area is 97.7 Å². The van der Waals surface area contributed by atoms with Gasteiger partial charge in [0.15, 0.2) is 0 Å². The summed E-state index contributed by atoms with van der Waals surface area (Å²) in [4.78, 5) is 6.64. The van der Waals surface area contributed by atoms with Gasteiger partial charge in [0.05, 0.1) is 0 Å². The Morgan fingerprint density at radius 1 is 1.62 bits per heavy atom. The van der Waals surface area contributed by atoms with Gasteiger partial charge in [0.25, 0.3) is 0 Å². The summed E-state index contributed by atoms with van der Waals surface area (Å²) < 4.78 is 0. The normalized spacial score (nSPS) is 22.7. The fraction of sp³-hybridized carbons (Fsp3) is 0.909. The van der Waals surface area contributed by atoms with Crippen LogP contribution >= 0.6 is 0 Å². The van der Waals surface area contributed by atoms with Crippen LogP contribution in [0.3, 0.4) is 0 Å². The van der Waals surface area contributed by atoms with Crippen LogP contribution in [-0.2, 0) is 0 Å². The number of piperidine rings is 1. The Hall–Kier alpha value is -0.810. The Kier molecular flexibility index (Phi) is 5.55. The number of nitrogens with two attached hydrogens (primary N) is 1. The van der Waals surface area contributed by atoms with Gasteiger partial charge in [0.1, 0.15) is 0 Å². The first-order valence-corrected chi connectivity index (χ1v) is 6.07. The molecule has 94 valence electrons. The molecule has 1 saturated heterocycles. The lowest BCUT2D eigenvalue weighted by atomic mass is 9.95. The molecule has 0 aromatic heterocycles. The van der Waals surface area contributed by atoms with Crippen molar-refractivity contribution in [1.82, 2.24) is 10.3 Å². The summed E-state index contributed by atoms with van der Waals surface area (Å²) in [6.45, 7) is 6.28. The zero-order valence-corrected chi connectivity index (χ0v) is 10.3. The van der Waals surface area contributed by atoms with Crippen molar-refractivity contribution in [3.8, 4) is 0 Å². The molecule has 1 unspecified atom stereocenters. The van der Waals surface area contributed by atoms with Crippen molar-refractivity contribution in [2.45, 2.75) is 39.2 Å². The molecule has 0 aromatic carbocycles. The third-order valence-electron chi connectivity index (χ3n) is 2.87. The number of aliphatic hydroxyl groups excluding tert-OH is 1. The molecule has 1 rings (SSSR count). The van der Waals surface area contributed by atoms with E-state index in [-0.39, 0.29) is 12.6 Å². The average molecular weight is 228 g/mol. The Morgan fingerprint density at radius 3 is 2.94 bits per heavy atom. The number of guanidine groups is 1. The van der Waals surface area contributed by atoms with Crippen LogP contribution in [0.15, 0.2) is 4.99 Å². The summed E-state index contributed by atoms with van der Waals surface area (Å²) in [6, 6.07) is 0.240. The first kappa shape index (κ1) is 13.3. The number of nitrogens with one attached hydrogen (secondary N) is 1. The van der Waals surface area contributed by atoms with Gasteiger partial charge in [-0.15, -0.1) is 0 Å². The van der Waals surface area contributed by atoms with Crippen LogP contribution in [0.2, 0.25) is 0 Å². The van der Waals surface area contributed by atoms with Crippen LogP contribution in [0.5, 0.6) is 0 Å². The summed E-state index contributed by atoms with van der Waals surface area (Å²) in [5.74, 6) is 6.83. The predicted molar refractivity (Wildman–Crippen MR) is 65.9 cm³/mol. The second kappa shape index (κ2) is 6.70.